The number of nitrogens with one attached hydrogen (secondary N) is 1. The largest absolute Gasteiger partial charge is 0.441 e. The fraction of sp³-hybridized carbons (Fsp3) is 0.158. The number of aryl methyl sites for hydroxylation is 3. The second kappa shape index (κ2) is 6.28. The Morgan fingerprint density at radius 3 is 2.46 bits per heavy atom. The van der Waals surface area contributed by atoms with Gasteiger partial charge in [-0.3, -0.25) is 4.79 Å². The first-order valence-corrected chi connectivity index (χ1v) is 7.56. The third-order valence-corrected chi connectivity index (χ3v) is 3.75. The molecule has 3 aromatic rings. The summed E-state index contributed by atoms with van der Waals surface area (Å²) in [7, 11) is 0. The molecule has 0 aliphatic heterocycles. The van der Waals surface area contributed by atoms with E-state index in [4.69, 9.17) is 4.42 Å². The van der Waals surface area contributed by atoms with Crippen LogP contribution in [0, 0.1) is 26.6 Å². The van der Waals surface area contributed by atoms with Gasteiger partial charge in [0.1, 0.15) is 11.6 Å². The lowest BCUT2D eigenvalue weighted by Crippen LogP contribution is -2.14. The Morgan fingerprint density at radius 2 is 1.79 bits per heavy atom. The van der Waals surface area contributed by atoms with Crippen LogP contribution in [0.3, 0.4) is 0 Å². The summed E-state index contributed by atoms with van der Waals surface area (Å²) in [5.41, 5.74) is 3.34. The van der Waals surface area contributed by atoms with E-state index in [-0.39, 0.29) is 17.4 Å². The van der Waals surface area contributed by atoms with Crippen LogP contribution in [-0.2, 0) is 0 Å². The molecule has 0 saturated heterocycles. The van der Waals surface area contributed by atoms with E-state index in [2.05, 4.69) is 10.3 Å². The fourth-order valence-corrected chi connectivity index (χ4v) is 2.38. The second-order valence-corrected chi connectivity index (χ2v) is 5.70. The first kappa shape index (κ1) is 15.9. The van der Waals surface area contributed by atoms with E-state index >= 15 is 0 Å². The third kappa shape index (κ3) is 3.20. The number of anilines is 1. The van der Waals surface area contributed by atoms with Gasteiger partial charge < -0.3 is 9.73 Å². The predicted octanol–water partition coefficient (Wildman–Crippen LogP) is 4.66. The van der Waals surface area contributed by atoms with E-state index in [0.717, 1.165) is 11.1 Å². The average Bonchev–Trinajstić information content (AvgIpc) is 2.93. The van der Waals surface area contributed by atoms with Crippen LogP contribution < -0.4 is 5.32 Å². The van der Waals surface area contributed by atoms with E-state index in [9.17, 15) is 9.18 Å². The zero-order chi connectivity index (χ0) is 17.3. The lowest BCUT2D eigenvalue weighted by molar-refractivity contribution is 0.102. The number of hydrogen-bond acceptors (Lipinski definition) is 3. The minimum Gasteiger partial charge on any atom is -0.441 e. The number of carbonyl (C=O) groups excluding carboxylic acids is 1. The molecule has 0 aliphatic rings. The van der Waals surface area contributed by atoms with Crippen LogP contribution in [0.1, 0.15) is 27.4 Å². The third-order valence-electron chi connectivity index (χ3n) is 3.75. The van der Waals surface area contributed by atoms with Crippen molar-refractivity contribution >= 4 is 11.6 Å². The van der Waals surface area contributed by atoms with Gasteiger partial charge in [-0.05, 0) is 56.7 Å². The van der Waals surface area contributed by atoms with Gasteiger partial charge in [0.05, 0.1) is 0 Å². The highest BCUT2D eigenvalue weighted by Gasteiger charge is 2.18. The Hall–Kier alpha value is -2.95. The quantitative estimate of drug-likeness (QED) is 0.762. The van der Waals surface area contributed by atoms with E-state index in [0.29, 0.717) is 22.9 Å². The summed E-state index contributed by atoms with van der Waals surface area (Å²) in [5, 5.41) is 2.74. The van der Waals surface area contributed by atoms with Crippen LogP contribution in [0.2, 0.25) is 0 Å². The Labute approximate surface area is 139 Å². The minimum atomic E-state index is -0.385. The minimum absolute atomic E-state index is 0.217. The molecule has 1 heterocycles. The van der Waals surface area contributed by atoms with Crippen LogP contribution in [0.15, 0.2) is 46.9 Å². The molecule has 0 radical (unpaired) electrons. The van der Waals surface area contributed by atoms with Crippen LogP contribution in [-0.4, -0.2) is 10.9 Å². The summed E-state index contributed by atoms with van der Waals surface area (Å²) >= 11 is 0. The molecular formula is C19H17FN2O2. The van der Waals surface area contributed by atoms with E-state index < -0.39 is 0 Å². The molecule has 1 amide bonds. The molecule has 0 spiro atoms. The summed E-state index contributed by atoms with van der Waals surface area (Å²) < 4.78 is 18.8. The lowest BCUT2D eigenvalue weighted by atomic mass is 10.1. The topological polar surface area (TPSA) is 55.1 Å². The molecule has 0 fully saturated rings. The molecule has 0 aliphatic carbocycles. The SMILES string of the molecule is Cc1ccc(-c2nc(C(=O)Nc3ccc(F)cc3C)c(C)o2)cc1. The van der Waals surface area contributed by atoms with Crippen molar-refractivity contribution in [1.82, 2.24) is 4.98 Å². The van der Waals surface area contributed by atoms with Crippen molar-refractivity contribution in [3.8, 4) is 11.5 Å². The van der Waals surface area contributed by atoms with Gasteiger partial charge in [0, 0.05) is 11.3 Å². The molecular weight excluding hydrogens is 307 g/mol. The number of halogens is 1. The number of carbonyl (C=O) groups is 1. The number of rotatable bonds is 3. The first-order chi connectivity index (χ1) is 11.4. The Morgan fingerprint density at radius 1 is 1.08 bits per heavy atom. The molecule has 0 atom stereocenters. The van der Waals surface area contributed by atoms with Crippen molar-refractivity contribution in [2.24, 2.45) is 0 Å². The van der Waals surface area contributed by atoms with Gasteiger partial charge in [-0.25, -0.2) is 9.37 Å². The Bertz CT molecular complexity index is 898. The van der Waals surface area contributed by atoms with E-state index in [1.807, 2.05) is 31.2 Å². The zero-order valence-electron chi connectivity index (χ0n) is 13.7. The number of aromatic nitrogens is 1. The highest BCUT2D eigenvalue weighted by atomic mass is 19.1. The van der Waals surface area contributed by atoms with Gasteiger partial charge in [0.2, 0.25) is 5.89 Å². The van der Waals surface area contributed by atoms with E-state index in [1.54, 1.807) is 13.8 Å². The van der Waals surface area contributed by atoms with Crippen molar-refractivity contribution in [2.45, 2.75) is 20.8 Å². The smallest absolute Gasteiger partial charge is 0.277 e. The summed E-state index contributed by atoms with van der Waals surface area (Å²) in [4.78, 5) is 16.7. The van der Waals surface area contributed by atoms with Crippen LogP contribution in [0.5, 0.6) is 0 Å². The standard InChI is InChI=1S/C19H17FN2O2/c1-11-4-6-14(7-5-11)19-22-17(13(3)24-19)18(23)21-16-9-8-15(20)10-12(16)2/h4-10H,1-3H3,(H,21,23). The summed E-state index contributed by atoms with van der Waals surface area (Å²) in [5.74, 6) is 0.102. The highest BCUT2D eigenvalue weighted by molar-refractivity contribution is 6.04. The zero-order valence-corrected chi connectivity index (χ0v) is 13.7. The molecule has 1 aromatic heterocycles. The summed E-state index contributed by atoms with van der Waals surface area (Å²) in [6.07, 6.45) is 0. The van der Waals surface area contributed by atoms with Crippen molar-refractivity contribution in [1.29, 1.82) is 0 Å². The number of hydrogen-bond donors (Lipinski definition) is 1. The average molecular weight is 324 g/mol. The monoisotopic (exact) mass is 324 g/mol. The van der Waals surface area contributed by atoms with Crippen LogP contribution in [0.25, 0.3) is 11.5 Å². The molecule has 122 valence electrons. The van der Waals surface area contributed by atoms with Gasteiger partial charge in [0.25, 0.3) is 5.91 Å². The second-order valence-electron chi connectivity index (χ2n) is 5.70. The van der Waals surface area contributed by atoms with Gasteiger partial charge >= 0.3 is 0 Å². The summed E-state index contributed by atoms with van der Waals surface area (Å²) in [6, 6.07) is 11.9. The number of oxazole rings is 1. The van der Waals surface area contributed by atoms with Gasteiger partial charge in [-0.15, -0.1) is 0 Å². The highest BCUT2D eigenvalue weighted by Crippen LogP contribution is 2.23. The molecule has 3 rings (SSSR count). The fourth-order valence-electron chi connectivity index (χ4n) is 2.38. The van der Waals surface area contributed by atoms with Crippen molar-refractivity contribution in [3.63, 3.8) is 0 Å². The van der Waals surface area contributed by atoms with Gasteiger partial charge in [-0.1, -0.05) is 17.7 Å². The Kier molecular flexibility index (Phi) is 4.16. The van der Waals surface area contributed by atoms with Gasteiger partial charge in [-0.2, -0.15) is 0 Å². The maximum atomic E-state index is 13.2. The maximum absolute atomic E-state index is 13.2. The number of amides is 1. The molecule has 4 nitrogen and oxygen atoms in total. The van der Waals surface area contributed by atoms with Crippen LogP contribution >= 0.6 is 0 Å². The molecule has 0 bridgehead atoms. The molecule has 5 heteroatoms. The molecule has 0 saturated carbocycles. The number of nitrogens with zero attached hydrogens (tertiary/aromatic N) is 1. The predicted molar refractivity (Wildman–Crippen MR) is 90.5 cm³/mol. The Balaban J connectivity index is 1.86. The molecule has 24 heavy (non-hydrogen) atoms. The maximum Gasteiger partial charge on any atom is 0.277 e. The summed E-state index contributed by atoms with van der Waals surface area (Å²) in [6.45, 7) is 5.41. The van der Waals surface area contributed by atoms with Crippen LogP contribution in [0.4, 0.5) is 10.1 Å². The normalized spacial score (nSPS) is 10.7. The van der Waals surface area contributed by atoms with Crippen molar-refractivity contribution < 1.29 is 13.6 Å². The number of benzene rings is 2. The molecule has 1 N–H and O–H groups in total. The van der Waals surface area contributed by atoms with Crippen molar-refractivity contribution in [2.75, 3.05) is 5.32 Å². The van der Waals surface area contributed by atoms with Gasteiger partial charge in [0.15, 0.2) is 5.69 Å². The molecule has 0 unspecified atom stereocenters. The first-order valence-electron chi connectivity index (χ1n) is 7.56. The van der Waals surface area contributed by atoms with E-state index in [1.165, 1.54) is 18.2 Å². The molecule has 2 aromatic carbocycles. The lowest BCUT2D eigenvalue weighted by Gasteiger charge is -2.06. The van der Waals surface area contributed by atoms with Crippen molar-refractivity contribution in [3.05, 3.63) is 70.9 Å².